The zero-order valence-electron chi connectivity index (χ0n) is 16.3. The minimum Gasteiger partial charge on any atom is -0.508 e. The molecule has 1 heteroatoms. The molecule has 0 aliphatic heterocycles. The highest BCUT2D eigenvalue weighted by atomic mass is 16.3. The molecule has 0 spiro atoms. The molecule has 1 nitrogen and oxygen atoms in total. The van der Waals surface area contributed by atoms with Crippen LogP contribution in [0.3, 0.4) is 0 Å². The molecule has 24 heavy (non-hydrogen) atoms. The molecule has 0 saturated carbocycles. The minimum absolute atomic E-state index is 0.0816. The summed E-state index contributed by atoms with van der Waals surface area (Å²) < 4.78 is 0. The normalized spacial score (nSPS) is 13.8. The summed E-state index contributed by atoms with van der Waals surface area (Å²) in [7, 11) is 0. The fourth-order valence-corrected chi connectivity index (χ4v) is 4.08. The van der Waals surface area contributed by atoms with Crippen molar-refractivity contribution in [1.29, 1.82) is 0 Å². The van der Waals surface area contributed by atoms with E-state index < -0.39 is 0 Å². The molecular formula is C23H32O. The molecule has 0 aliphatic rings. The lowest BCUT2D eigenvalue weighted by molar-refractivity contribution is 0.282. The molecule has 0 aromatic heterocycles. The Balaban J connectivity index is 2.54. The van der Waals surface area contributed by atoms with Crippen molar-refractivity contribution in [2.45, 2.75) is 66.2 Å². The largest absolute Gasteiger partial charge is 0.508 e. The van der Waals surface area contributed by atoms with E-state index in [4.69, 9.17) is 0 Å². The summed E-state index contributed by atoms with van der Waals surface area (Å²) in [5.41, 5.74) is 5.35. The lowest BCUT2D eigenvalue weighted by Gasteiger charge is -2.36. The topological polar surface area (TPSA) is 20.2 Å². The number of hydrogen-bond acceptors (Lipinski definition) is 1. The van der Waals surface area contributed by atoms with E-state index in [1.165, 1.54) is 16.7 Å². The van der Waals surface area contributed by atoms with Crippen LogP contribution in [-0.2, 0) is 5.41 Å². The van der Waals surface area contributed by atoms with Crippen molar-refractivity contribution >= 4 is 0 Å². The van der Waals surface area contributed by atoms with Crippen LogP contribution in [0, 0.1) is 12.3 Å². The van der Waals surface area contributed by atoms with Gasteiger partial charge in [0.1, 0.15) is 5.75 Å². The highest BCUT2D eigenvalue weighted by Crippen LogP contribution is 2.42. The Morgan fingerprint density at radius 1 is 0.917 bits per heavy atom. The first-order valence-electron chi connectivity index (χ1n) is 8.90. The van der Waals surface area contributed by atoms with Gasteiger partial charge in [-0.1, -0.05) is 83.5 Å². The second-order valence-electron chi connectivity index (χ2n) is 8.99. The summed E-state index contributed by atoms with van der Waals surface area (Å²) in [6.07, 6.45) is 1.12. The van der Waals surface area contributed by atoms with Gasteiger partial charge in [-0.2, -0.15) is 0 Å². The molecule has 0 amide bonds. The van der Waals surface area contributed by atoms with E-state index in [1.54, 1.807) is 6.07 Å². The van der Waals surface area contributed by atoms with Gasteiger partial charge in [-0.25, -0.2) is 0 Å². The van der Waals surface area contributed by atoms with Crippen LogP contribution in [0.1, 0.15) is 76.1 Å². The molecule has 1 unspecified atom stereocenters. The number of phenols is 1. The standard InChI is InChI=1S/C23H32O/c1-16-12-13-18(17(2)19-10-8-9-11-21(19)24)20(14-16)23(6,7)15-22(3,4)5/h8-14,17,24H,15H2,1-7H3. The quantitative estimate of drug-likeness (QED) is 0.674. The molecule has 0 heterocycles. The van der Waals surface area contributed by atoms with Gasteiger partial charge in [0.25, 0.3) is 0 Å². The van der Waals surface area contributed by atoms with E-state index in [-0.39, 0.29) is 16.7 Å². The van der Waals surface area contributed by atoms with Crippen molar-refractivity contribution in [2.75, 3.05) is 0 Å². The number of para-hydroxylation sites is 1. The Kier molecular flexibility index (Phi) is 5.13. The van der Waals surface area contributed by atoms with Crippen LogP contribution < -0.4 is 0 Å². The van der Waals surface area contributed by atoms with Crippen molar-refractivity contribution in [1.82, 2.24) is 0 Å². The van der Waals surface area contributed by atoms with E-state index >= 15 is 0 Å². The Bertz CT molecular complexity index is 704. The molecule has 2 aromatic rings. The Hall–Kier alpha value is -1.76. The SMILES string of the molecule is Cc1ccc(C(C)c2ccccc2O)c(C(C)(C)CC(C)(C)C)c1. The molecule has 1 N–H and O–H groups in total. The maximum absolute atomic E-state index is 10.3. The van der Waals surface area contributed by atoms with Crippen LogP contribution in [0.5, 0.6) is 5.75 Å². The van der Waals surface area contributed by atoms with Gasteiger partial charge in [0, 0.05) is 11.5 Å². The predicted octanol–water partition coefficient (Wildman–Crippen LogP) is 6.57. The first kappa shape index (κ1) is 18.6. The average Bonchev–Trinajstić information content (AvgIpc) is 2.44. The molecule has 2 aromatic carbocycles. The molecular weight excluding hydrogens is 292 g/mol. The number of phenolic OH excluding ortho intramolecular Hbond substituents is 1. The molecule has 1 atom stereocenters. The molecule has 0 bridgehead atoms. The van der Waals surface area contributed by atoms with Crippen LogP contribution in [0.2, 0.25) is 0 Å². The number of aromatic hydroxyl groups is 1. The van der Waals surface area contributed by atoms with Gasteiger partial charge < -0.3 is 5.11 Å². The van der Waals surface area contributed by atoms with E-state index in [0.717, 1.165) is 12.0 Å². The smallest absolute Gasteiger partial charge is 0.119 e. The molecule has 0 radical (unpaired) electrons. The maximum Gasteiger partial charge on any atom is 0.119 e. The predicted molar refractivity (Wildman–Crippen MR) is 104 cm³/mol. The fourth-order valence-electron chi connectivity index (χ4n) is 4.08. The maximum atomic E-state index is 10.3. The third kappa shape index (κ3) is 4.20. The molecule has 0 aliphatic carbocycles. The van der Waals surface area contributed by atoms with Crippen molar-refractivity contribution in [3.8, 4) is 5.75 Å². The second-order valence-corrected chi connectivity index (χ2v) is 8.99. The number of benzene rings is 2. The third-order valence-electron chi connectivity index (χ3n) is 4.78. The lowest BCUT2D eigenvalue weighted by Crippen LogP contribution is -2.26. The van der Waals surface area contributed by atoms with E-state index in [2.05, 4.69) is 66.7 Å². The monoisotopic (exact) mass is 324 g/mol. The van der Waals surface area contributed by atoms with Gasteiger partial charge in [0.05, 0.1) is 0 Å². The zero-order valence-corrected chi connectivity index (χ0v) is 16.3. The second kappa shape index (κ2) is 6.63. The molecule has 2 rings (SSSR count). The van der Waals surface area contributed by atoms with Gasteiger partial charge >= 0.3 is 0 Å². The van der Waals surface area contributed by atoms with Crippen molar-refractivity contribution in [3.05, 3.63) is 64.7 Å². The minimum atomic E-state index is 0.0816. The first-order chi connectivity index (χ1) is 11.0. The van der Waals surface area contributed by atoms with Crippen molar-refractivity contribution < 1.29 is 5.11 Å². The van der Waals surface area contributed by atoms with E-state index in [1.807, 2.05) is 18.2 Å². The van der Waals surface area contributed by atoms with Gasteiger partial charge in [0.15, 0.2) is 0 Å². The Morgan fingerprint density at radius 3 is 2.12 bits per heavy atom. The number of rotatable bonds is 4. The highest BCUT2D eigenvalue weighted by Gasteiger charge is 2.30. The molecule has 0 saturated heterocycles. The van der Waals surface area contributed by atoms with Crippen LogP contribution in [0.25, 0.3) is 0 Å². The Morgan fingerprint density at radius 2 is 1.54 bits per heavy atom. The summed E-state index contributed by atoms with van der Waals surface area (Å²) in [5, 5.41) is 10.3. The summed E-state index contributed by atoms with van der Waals surface area (Å²) in [4.78, 5) is 0. The van der Waals surface area contributed by atoms with Gasteiger partial charge in [0.2, 0.25) is 0 Å². The van der Waals surface area contributed by atoms with Crippen LogP contribution in [0.4, 0.5) is 0 Å². The molecule has 130 valence electrons. The van der Waals surface area contributed by atoms with Crippen molar-refractivity contribution in [3.63, 3.8) is 0 Å². The molecule has 0 fully saturated rings. The summed E-state index contributed by atoms with van der Waals surface area (Å²) >= 11 is 0. The van der Waals surface area contributed by atoms with Gasteiger partial charge in [-0.3, -0.25) is 0 Å². The fraction of sp³-hybridized carbons (Fsp3) is 0.478. The summed E-state index contributed by atoms with van der Waals surface area (Å²) in [5.74, 6) is 0.547. The summed E-state index contributed by atoms with van der Waals surface area (Å²) in [6, 6.07) is 14.4. The van der Waals surface area contributed by atoms with E-state index in [9.17, 15) is 5.11 Å². The van der Waals surface area contributed by atoms with Crippen LogP contribution in [0.15, 0.2) is 42.5 Å². The number of hydrogen-bond donors (Lipinski definition) is 1. The average molecular weight is 325 g/mol. The van der Waals surface area contributed by atoms with Gasteiger partial charge in [-0.15, -0.1) is 0 Å². The van der Waals surface area contributed by atoms with E-state index in [0.29, 0.717) is 5.75 Å². The lowest BCUT2D eigenvalue weighted by atomic mass is 9.69. The summed E-state index contributed by atoms with van der Waals surface area (Å²) in [6.45, 7) is 15.9. The highest BCUT2D eigenvalue weighted by molar-refractivity contribution is 5.46. The Labute approximate surface area is 147 Å². The van der Waals surface area contributed by atoms with Gasteiger partial charge in [-0.05, 0) is 41.4 Å². The first-order valence-corrected chi connectivity index (χ1v) is 8.90. The zero-order chi connectivity index (χ0) is 18.1. The van der Waals surface area contributed by atoms with Crippen molar-refractivity contribution in [2.24, 2.45) is 5.41 Å². The number of aryl methyl sites for hydroxylation is 1. The van der Waals surface area contributed by atoms with Crippen LogP contribution >= 0.6 is 0 Å². The third-order valence-corrected chi connectivity index (χ3v) is 4.78. The van der Waals surface area contributed by atoms with Crippen LogP contribution in [-0.4, -0.2) is 5.11 Å².